The van der Waals surface area contributed by atoms with Gasteiger partial charge in [0.25, 0.3) is 11.8 Å². The van der Waals surface area contributed by atoms with Gasteiger partial charge < -0.3 is 14.2 Å². The molecule has 9 heteroatoms. The smallest absolute Gasteiger partial charge is 0.335 e. The minimum atomic E-state index is -0.815. The zero-order valence-corrected chi connectivity index (χ0v) is 21.3. The summed E-state index contributed by atoms with van der Waals surface area (Å²) in [4.78, 5) is 39.0. The van der Waals surface area contributed by atoms with Crippen LogP contribution in [0.3, 0.4) is 0 Å². The van der Waals surface area contributed by atoms with Gasteiger partial charge in [0.1, 0.15) is 24.5 Å². The Labute approximate surface area is 219 Å². The lowest BCUT2D eigenvalue weighted by atomic mass is 10.1. The van der Waals surface area contributed by atoms with Crippen molar-refractivity contribution in [3.8, 4) is 17.2 Å². The van der Waals surface area contributed by atoms with E-state index >= 15 is 0 Å². The first-order valence-electron chi connectivity index (χ1n) is 11.4. The standard InChI is InChI=1S/C28H25ClN2O6/c1-17-6-4-8-20(12-17)31-27(33)22(26(32)30-28(31)34)14-19-15-23(29)25(24(16-19)35-3)37-11-10-36-21-9-5-7-18(2)13-21/h4-9,12-16H,10-11H2,1-3H3,(H,30,32,34). The number of nitrogens with zero attached hydrogens (tertiary/aromatic N) is 1. The molecular formula is C28H25ClN2O6. The molecule has 3 aromatic rings. The van der Waals surface area contributed by atoms with Gasteiger partial charge in [-0.1, -0.05) is 35.9 Å². The number of ether oxygens (including phenoxy) is 3. The number of aryl methyl sites for hydroxylation is 2. The Morgan fingerprint density at radius 2 is 1.62 bits per heavy atom. The SMILES string of the molecule is COc1cc(C=C2C(=O)NC(=O)N(c3cccc(C)c3)C2=O)cc(Cl)c1OCCOc1cccc(C)c1. The fourth-order valence-electron chi connectivity index (χ4n) is 3.80. The van der Waals surface area contributed by atoms with Crippen molar-refractivity contribution in [1.29, 1.82) is 0 Å². The minimum absolute atomic E-state index is 0.207. The number of hydrogen-bond acceptors (Lipinski definition) is 6. The molecule has 1 fully saturated rings. The van der Waals surface area contributed by atoms with Gasteiger partial charge in [0.15, 0.2) is 11.5 Å². The lowest BCUT2D eigenvalue weighted by molar-refractivity contribution is -0.122. The molecule has 0 unspecified atom stereocenters. The highest BCUT2D eigenvalue weighted by atomic mass is 35.5. The Bertz CT molecular complexity index is 1400. The lowest BCUT2D eigenvalue weighted by Gasteiger charge is -2.26. The third-order valence-electron chi connectivity index (χ3n) is 5.51. The van der Waals surface area contributed by atoms with Gasteiger partial charge in [0.2, 0.25) is 0 Å². The molecule has 0 saturated carbocycles. The zero-order chi connectivity index (χ0) is 26.5. The molecule has 0 aliphatic carbocycles. The first-order chi connectivity index (χ1) is 17.8. The van der Waals surface area contributed by atoms with Crippen LogP contribution in [0.2, 0.25) is 5.02 Å². The molecule has 1 N–H and O–H groups in total. The highest BCUT2D eigenvalue weighted by Crippen LogP contribution is 2.37. The molecule has 4 rings (SSSR count). The molecule has 0 atom stereocenters. The van der Waals surface area contributed by atoms with Crippen molar-refractivity contribution in [3.63, 3.8) is 0 Å². The number of barbiturate groups is 1. The van der Waals surface area contributed by atoms with Crippen LogP contribution in [-0.2, 0) is 9.59 Å². The maximum absolute atomic E-state index is 13.2. The van der Waals surface area contributed by atoms with Gasteiger partial charge in [-0.05, 0) is 73.0 Å². The van der Waals surface area contributed by atoms with Gasteiger partial charge in [-0.3, -0.25) is 14.9 Å². The highest BCUT2D eigenvalue weighted by Gasteiger charge is 2.36. The van der Waals surface area contributed by atoms with Crippen molar-refractivity contribution in [2.75, 3.05) is 25.2 Å². The molecule has 3 aromatic carbocycles. The molecule has 4 amide bonds. The van der Waals surface area contributed by atoms with Crippen LogP contribution >= 0.6 is 11.6 Å². The van der Waals surface area contributed by atoms with Crippen molar-refractivity contribution >= 4 is 41.2 Å². The topological polar surface area (TPSA) is 94.2 Å². The van der Waals surface area contributed by atoms with Crippen molar-refractivity contribution in [2.24, 2.45) is 0 Å². The number of rotatable bonds is 8. The average molecular weight is 521 g/mol. The van der Waals surface area contributed by atoms with Crippen LogP contribution in [0.25, 0.3) is 6.08 Å². The first-order valence-corrected chi connectivity index (χ1v) is 11.8. The van der Waals surface area contributed by atoms with Crippen LogP contribution in [-0.4, -0.2) is 38.2 Å². The Hall–Kier alpha value is -4.30. The largest absolute Gasteiger partial charge is 0.493 e. The second kappa shape index (κ2) is 11.2. The van der Waals surface area contributed by atoms with Crippen LogP contribution in [0.5, 0.6) is 17.2 Å². The van der Waals surface area contributed by atoms with E-state index < -0.39 is 17.8 Å². The number of carbonyl (C=O) groups excluding carboxylic acids is 3. The van der Waals surface area contributed by atoms with Gasteiger partial charge in [-0.25, -0.2) is 9.69 Å². The van der Waals surface area contributed by atoms with E-state index in [1.54, 1.807) is 30.3 Å². The van der Waals surface area contributed by atoms with Crippen molar-refractivity contribution < 1.29 is 28.6 Å². The predicted molar refractivity (Wildman–Crippen MR) is 140 cm³/mol. The number of urea groups is 1. The summed E-state index contributed by atoms with van der Waals surface area (Å²) < 4.78 is 16.9. The molecule has 190 valence electrons. The molecule has 1 saturated heterocycles. The molecule has 0 spiro atoms. The van der Waals surface area contributed by atoms with Gasteiger partial charge in [0.05, 0.1) is 17.8 Å². The van der Waals surface area contributed by atoms with Crippen LogP contribution in [0.4, 0.5) is 10.5 Å². The molecule has 1 heterocycles. The number of imide groups is 2. The summed E-state index contributed by atoms with van der Waals surface area (Å²) >= 11 is 6.46. The summed E-state index contributed by atoms with van der Waals surface area (Å²) in [6.07, 6.45) is 1.35. The Kier molecular flexibility index (Phi) is 7.79. The number of methoxy groups -OCH3 is 1. The number of anilines is 1. The molecular weight excluding hydrogens is 496 g/mol. The minimum Gasteiger partial charge on any atom is -0.493 e. The van der Waals surface area contributed by atoms with Crippen molar-refractivity contribution in [1.82, 2.24) is 5.32 Å². The maximum Gasteiger partial charge on any atom is 0.335 e. The molecule has 1 aliphatic rings. The molecule has 0 radical (unpaired) electrons. The normalized spacial score (nSPS) is 14.5. The summed E-state index contributed by atoms with van der Waals surface area (Å²) in [6, 6.07) is 16.8. The van der Waals surface area contributed by atoms with Gasteiger partial charge in [-0.15, -0.1) is 0 Å². The third kappa shape index (κ3) is 5.92. The van der Waals surface area contributed by atoms with Crippen LogP contribution in [0.1, 0.15) is 16.7 Å². The molecule has 37 heavy (non-hydrogen) atoms. The number of hydrogen-bond donors (Lipinski definition) is 1. The zero-order valence-electron chi connectivity index (χ0n) is 20.5. The fourth-order valence-corrected chi connectivity index (χ4v) is 4.07. The number of benzene rings is 3. The van der Waals surface area contributed by atoms with E-state index in [4.69, 9.17) is 25.8 Å². The van der Waals surface area contributed by atoms with Crippen molar-refractivity contribution in [3.05, 3.63) is 87.9 Å². The molecule has 0 aromatic heterocycles. The van der Waals surface area contributed by atoms with E-state index in [2.05, 4.69) is 5.32 Å². The predicted octanol–water partition coefficient (Wildman–Crippen LogP) is 5.09. The number of nitrogens with one attached hydrogen (secondary N) is 1. The lowest BCUT2D eigenvalue weighted by Crippen LogP contribution is -2.54. The molecule has 1 aliphatic heterocycles. The van der Waals surface area contributed by atoms with E-state index in [1.165, 1.54) is 13.2 Å². The van der Waals surface area contributed by atoms with E-state index in [0.29, 0.717) is 22.7 Å². The summed E-state index contributed by atoms with van der Waals surface area (Å²) in [5, 5.41) is 2.43. The summed E-state index contributed by atoms with van der Waals surface area (Å²) in [5.41, 5.74) is 2.50. The average Bonchev–Trinajstić information content (AvgIpc) is 2.85. The summed E-state index contributed by atoms with van der Waals surface area (Å²) in [7, 11) is 1.45. The quantitative estimate of drug-likeness (QED) is 0.252. The third-order valence-corrected chi connectivity index (χ3v) is 5.79. The van der Waals surface area contributed by atoms with E-state index in [0.717, 1.165) is 21.8 Å². The Balaban J connectivity index is 1.53. The van der Waals surface area contributed by atoms with Gasteiger partial charge in [0, 0.05) is 0 Å². The van der Waals surface area contributed by atoms with Crippen LogP contribution in [0, 0.1) is 13.8 Å². The Morgan fingerprint density at radius 1 is 0.919 bits per heavy atom. The highest BCUT2D eigenvalue weighted by molar-refractivity contribution is 6.39. The first kappa shape index (κ1) is 25.8. The monoisotopic (exact) mass is 520 g/mol. The van der Waals surface area contributed by atoms with E-state index in [-0.39, 0.29) is 23.8 Å². The number of carbonyl (C=O) groups is 3. The number of amides is 4. The van der Waals surface area contributed by atoms with Crippen LogP contribution < -0.4 is 24.4 Å². The summed E-state index contributed by atoms with van der Waals surface area (Å²) in [6.45, 7) is 4.31. The van der Waals surface area contributed by atoms with E-state index in [9.17, 15) is 14.4 Å². The second-order valence-corrected chi connectivity index (χ2v) is 8.75. The molecule has 0 bridgehead atoms. The molecule has 8 nitrogen and oxygen atoms in total. The van der Waals surface area contributed by atoms with Gasteiger partial charge >= 0.3 is 6.03 Å². The van der Waals surface area contributed by atoms with Crippen molar-refractivity contribution in [2.45, 2.75) is 13.8 Å². The van der Waals surface area contributed by atoms with Crippen LogP contribution in [0.15, 0.2) is 66.2 Å². The van der Waals surface area contributed by atoms with Gasteiger partial charge in [-0.2, -0.15) is 0 Å². The second-order valence-electron chi connectivity index (χ2n) is 8.34. The fraction of sp³-hybridized carbons (Fsp3) is 0.179. The Morgan fingerprint density at radius 3 is 2.32 bits per heavy atom. The summed E-state index contributed by atoms with van der Waals surface area (Å²) in [5.74, 6) is -0.205. The number of halogens is 1. The maximum atomic E-state index is 13.2. The van der Waals surface area contributed by atoms with E-state index in [1.807, 2.05) is 44.2 Å².